The van der Waals surface area contributed by atoms with Crippen LogP contribution < -0.4 is 0 Å². The number of halogens is 1. The number of carbonyl (C=O) groups is 1. The summed E-state index contributed by atoms with van der Waals surface area (Å²) in [5.41, 5.74) is 0.964. The Kier molecular flexibility index (Phi) is 3.61. The number of aliphatic hydroxyl groups excluding tert-OH is 1. The third kappa shape index (κ3) is 2.27. The summed E-state index contributed by atoms with van der Waals surface area (Å²) >= 11 is 0. The zero-order chi connectivity index (χ0) is 14.3. The molecule has 20 heavy (non-hydrogen) atoms. The van der Waals surface area contributed by atoms with Crippen LogP contribution in [0.15, 0.2) is 24.3 Å². The van der Waals surface area contributed by atoms with Crippen LogP contribution in [0.4, 0.5) is 4.39 Å². The van der Waals surface area contributed by atoms with Crippen molar-refractivity contribution in [2.24, 2.45) is 5.92 Å². The van der Waals surface area contributed by atoms with Crippen molar-refractivity contribution in [2.75, 3.05) is 0 Å². The summed E-state index contributed by atoms with van der Waals surface area (Å²) < 4.78 is 18.8. The van der Waals surface area contributed by atoms with Gasteiger partial charge in [-0.1, -0.05) is 19.1 Å². The number of rotatable bonds is 3. The fourth-order valence-corrected chi connectivity index (χ4v) is 3.60. The van der Waals surface area contributed by atoms with Gasteiger partial charge in [0, 0.05) is 12.8 Å². The summed E-state index contributed by atoms with van der Waals surface area (Å²) in [6, 6.07) is 6.34. The summed E-state index contributed by atoms with van der Waals surface area (Å²) in [6.45, 7) is 1.83. The van der Waals surface area contributed by atoms with Crippen molar-refractivity contribution in [3.8, 4) is 0 Å². The third-order valence-electron chi connectivity index (χ3n) is 4.56. The van der Waals surface area contributed by atoms with Crippen LogP contribution in [-0.4, -0.2) is 29.2 Å². The fourth-order valence-electron chi connectivity index (χ4n) is 3.60. The van der Waals surface area contributed by atoms with Crippen molar-refractivity contribution in [3.05, 3.63) is 35.6 Å². The van der Waals surface area contributed by atoms with E-state index in [0.29, 0.717) is 12.8 Å². The Morgan fingerprint density at radius 1 is 1.35 bits per heavy atom. The molecule has 2 heterocycles. The Morgan fingerprint density at radius 3 is 2.70 bits per heavy atom. The molecule has 1 aromatic rings. The number of benzene rings is 1. The molecule has 5 atom stereocenters. The Bertz CT molecular complexity index is 499. The molecule has 1 aromatic carbocycles. The molecule has 1 N–H and O–H groups in total. The number of Topliss-reactive ketones (excluding diaryl/α,β-unsaturated/α-hetero) is 1. The van der Waals surface area contributed by atoms with E-state index in [-0.39, 0.29) is 29.5 Å². The minimum Gasteiger partial charge on any atom is -0.390 e. The van der Waals surface area contributed by atoms with E-state index in [1.165, 1.54) is 12.1 Å². The molecule has 0 radical (unpaired) electrons. The molecule has 3 rings (SSSR count). The van der Waals surface area contributed by atoms with E-state index in [4.69, 9.17) is 4.74 Å². The number of ether oxygens (including phenoxy) is 1. The van der Waals surface area contributed by atoms with Gasteiger partial charge in [0.2, 0.25) is 0 Å². The number of fused-ring (bicyclic) bond motifs is 2. The molecule has 0 amide bonds. The maximum absolute atomic E-state index is 13.1. The molecule has 2 fully saturated rings. The van der Waals surface area contributed by atoms with E-state index >= 15 is 0 Å². The van der Waals surface area contributed by atoms with Gasteiger partial charge in [-0.3, -0.25) is 4.79 Å². The predicted octanol–water partition coefficient (Wildman–Crippen LogP) is 2.43. The zero-order valence-corrected chi connectivity index (χ0v) is 11.5. The van der Waals surface area contributed by atoms with Crippen LogP contribution in [0.25, 0.3) is 0 Å². The first-order valence-corrected chi connectivity index (χ1v) is 7.22. The molecule has 0 aromatic heterocycles. The van der Waals surface area contributed by atoms with E-state index in [9.17, 15) is 14.3 Å². The van der Waals surface area contributed by atoms with Crippen molar-refractivity contribution in [3.63, 3.8) is 0 Å². The quantitative estimate of drug-likeness (QED) is 0.923. The topological polar surface area (TPSA) is 46.5 Å². The summed E-state index contributed by atoms with van der Waals surface area (Å²) in [6.07, 6.45) is 0.776. The lowest BCUT2D eigenvalue weighted by Gasteiger charge is -2.36. The molecule has 0 spiro atoms. The van der Waals surface area contributed by atoms with Crippen LogP contribution in [0.3, 0.4) is 0 Å². The van der Waals surface area contributed by atoms with E-state index in [2.05, 4.69) is 0 Å². The molecule has 4 heteroatoms. The van der Waals surface area contributed by atoms with Gasteiger partial charge in [-0.15, -0.1) is 0 Å². The second-order valence-corrected chi connectivity index (χ2v) is 5.77. The van der Waals surface area contributed by atoms with Gasteiger partial charge < -0.3 is 9.84 Å². The highest BCUT2D eigenvalue weighted by atomic mass is 19.1. The molecule has 108 valence electrons. The van der Waals surface area contributed by atoms with Crippen LogP contribution in [0, 0.1) is 11.7 Å². The Labute approximate surface area is 117 Å². The van der Waals surface area contributed by atoms with Gasteiger partial charge in [0.15, 0.2) is 0 Å². The standard InChI is InChI=1S/C16H19FO3/c1-2-13(18)15-12(9-3-5-10(17)6-4-9)7-11-8-14(19)16(15)20-11/h3-6,11-12,14-16,19H,2,7-8H2,1H3/t11?,12-,14?,15-,16+/m1/s1. The monoisotopic (exact) mass is 278 g/mol. The van der Waals surface area contributed by atoms with Crippen molar-refractivity contribution in [2.45, 2.75) is 50.4 Å². The molecule has 2 aliphatic rings. The first-order valence-electron chi connectivity index (χ1n) is 7.22. The zero-order valence-electron chi connectivity index (χ0n) is 11.5. The smallest absolute Gasteiger partial charge is 0.139 e. The number of aliphatic hydroxyl groups is 1. The summed E-state index contributed by atoms with van der Waals surface area (Å²) in [4.78, 5) is 12.3. The predicted molar refractivity (Wildman–Crippen MR) is 71.8 cm³/mol. The van der Waals surface area contributed by atoms with Crippen LogP contribution in [0.5, 0.6) is 0 Å². The lowest BCUT2D eigenvalue weighted by Crippen LogP contribution is -2.42. The van der Waals surface area contributed by atoms with Crippen molar-refractivity contribution in [1.29, 1.82) is 0 Å². The molecule has 2 unspecified atom stereocenters. The maximum atomic E-state index is 13.1. The molecular weight excluding hydrogens is 259 g/mol. The van der Waals surface area contributed by atoms with Gasteiger partial charge in [-0.05, 0) is 30.0 Å². The summed E-state index contributed by atoms with van der Waals surface area (Å²) in [7, 11) is 0. The Balaban J connectivity index is 1.95. The van der Waals surface area contributed by atoms with Gasteiger partial charge in [0.25, 0.3) is 0 Å². The first-order chi connectivity index (χ1) is 9.60. The molecule has 0 saturated carbocycles. The second-order valence-electron chi connectivity index (χ2n) is 5.77. The molecule has 2 aliphatic heterocycles. The molecule has 3 nitrogen and oxygen atoms in total. The molecule has 2 bridgehead atoms. The lowest BCUT2D eigenvalue weighted by molar-refractivity contribution is -0.137. The Morgan fingerprint density at radius 2 is 2.05 bits per heavy atom. The lowest BCUT2D eigenvalue weighted by atomic mass is 9.76. The van der Waals surface area contributed by atoms with Crippen LogP contribution >= 0.6 is 0 Å². The number of hydrogen-bond donors (Lipinski definition) is 1. The SMILES string of the molecule is CCC(=O)[C@H]1[C@@H](c2ccc(F)cc2)CC2CC(O)[C@@H]1O2. The van der Waals surface area contributed by atoms with Gasteiger partial charge >= 0.3 is 0 Å². The average Bonchev–Trinajstić information content (AvgIpc) is 2.74. The molecule has 0 aliphatic carbocycles. The molecular formula is C16H19FO3. The average molecular weight is 278 g/mol. The fraction of sp³-hybridized carbons (Fsp3) is 0.562. The number of ketones is 1. The largest absolute Gasteiger partial charge is 0.390 e. The Hall–Kier alpha value is -1.26. The minimum absolute atomic E-state index is 0.00552. The van der Waals surface area contributed by atoms with Gasteiger partial charge in [-0.2, -0.15) is 0 Å². The highest BCUT2D eigenvalue weighted by Crippen LogP contribution is 2.46. The normalized spacial score (nSPS) is 36.0. The number of hydrogen-bond acceptors (Lipinski definition) is 3. The number of carbonyl (C=O) groups excluding carboxylic acids is 1. The van der Waals surface area contributed by atoms with Crippen LogP contribution in [-0.2, 0) is 9.53 Å². The van der Waals surface area contributed by atoms with Gasteiger partial charge in [0.1, 0.15) is 11.6 Å². The first kappa shape index (κ1) is 13.7. The van der Waals surface area contributed by atoms with Gasteiger partial charge in [-0.25, -0.2) is 4.39 Å². The third-order valence-corrected chi connectivity index (χ3v) is 4.56. The van der Waals surface area contributed by atoms with E-state index in [1.54, 1.807) is 12.1 Å². The van der Waals surface area contributed by atoms with E-state index in [1.807, 2.05) is 6.92 Å². The van der Waals surface area contributed by atoms with Crippen molar-refractivity contribution >= 4 is 5.78 Å². The van der Waals surface area contributed by atoms with Crippen LogP contribution in [0.2, 0.25) is 0 Å². The van der Waals surface area contributed by atoms with Crippen molar-refractivity contribution < 1.29 is 19.0 Å². The van der Waals surface area contributed by atoms with Crippen molar-refractivity contribution in [1.82, 2.24) is 0 Å². The van der Waals surface area contributed by atoms with E-state index in [0.717, 1.165) is 12.0 Å². The highest BCUT2D eigenvalue weighted by Gasteiger charge is 2.50. The highest BCUT2D eigenvalue weighted by molar-refractivity contribution is 5.82. The van der Waals surface area contributed by atoms with Crippen LogP contribution in [0.1, 0.15) is 37.7 Å². The van der Waals surface area contributed by atoms with Gasteiger partial charge in [0.05, 0.1) is 24.2 Å². The van der Waals surface area contributed by atoms with E-state index < -0.39 is 12.2 Å². The molecule has 2 saturated heterocycles. The second kappa shape index (κ2) is 5.26. The minimum atomic E-state index is -0.564. The summed E-state index contributed by atoms with van der Waals surface area (Å²) in [5.74, 6) is -0.464. The summed E-state index contributed by atoms with van der Waals surface area (Å²) in [5, 5.41) is 10.1. The maximum Gasteiger partial charge on any atom is 0.139 e.